The molecule has 0 spiro atoms. The number of rotatable bonds is 10. The highest BCUT2D eigenvalue weighted by Gasteiger charge is 2.06. The maximum atomic E-state index is 8.88. The van der Waals surface area contributed by atoms with Crippen molar-refractivity contribution < 1.29 is 14.6 Å². The number of ether oxygens (including phenoxy) is 2. The van der Waals surface area contributed by atoms with Crippen LogP contribution in [0.3, 0.4) is 0 Å². The van der Waals surface area contributed by atoms with Crippen LogP contribution >= 0.6 is 35.3 Å². The normalized spacial score (nSPS) is 10.9. The Kier molecular flexibility index (Phi) is 11.9. The summed E-state index contributed by atoms with van der Waals surface area (Å²) in [5.74, 6) is 2.06. The molecule has 2 rings (SSSR count). The van der Waals surface area contributed by atoms with Crippen molar-refractivity contribution in [3.05, 3.63) is 46.2 Å². The van der Waals surface area contributed by atoms with Crippen LogP contribution in [0.1, 0.15) is 17.4 Å². The number of nitrogens with one attached hydrogen (secondary N) is 2. The minimum atomic E-state index is -0.0294. The molecule has 2 aromatic rings. The van der Waals surface area contributed by atoms with Gasteiger partial charge in [-0.05, 0) is 42.5 Å². The lowest BCUT2D eigenvalue weighted by molar-refractivity contribution is 0.196. The minimum absolute atomic E-state index is 0. The molecule has 1 aromatic heterocycles. The van der Waals surface area contributed by atoms with Crippen molar-refractivity contribution in [3.63, 3.8) is 0 Å². The topological polar surface area (TPSA) is 75.1 Å². The highest BCUT2D eigenvalue weighted by atomic mass is 127. The molecule has 0 saturated carbocycles. The van der Waals surface area contributed by atoms with Crippen LogP contribution in [0, 0.1) is 0 Å². The third kappa shape index (κ3) is 8.35. The number of nitrogens with zero attached hydrogens (tertiary/aromatic N) is 1. The van der Waals surface area contributed by atoms with Crippen molar-refractivity contribution in [2.24, 2.45) is 4.99 Å². The lowest BCUT2D eigenvalue weighted by Crippen LogP contribution is -2.38. The number of aliphatic hydroxyl groups excluding tert-OH is 1. The van der Waals surface area contributed by atoms with E-state index in [1.54, 1.807) is 18.4 Å². The van der Waals surface area contributed by atoms with E-state index in [4.69, 9.17) is 14.6 Å². The highest BCUT2D eigenvalue weighted by Crippen LogP contribution is 2.28. The molecule has 27 heavy (non-hydrogen) atoms. The average molecular weight is 505 g/mol. The summed E-state index contributed by atoms with van der Waals surface area (Å²) in [4.78, 5) is 5.99. The van der Waals surface area contributed by atoms with Gasteiger partial charge in [0.05, 0.1) is 20.3 Å². The Hall–Kier alpha value is -1.52. The monoisotopic (exact) mass is 505 g/mol. The highest BCUT2D eigenvalue weighted by molar-refractivity contribution is 14.0. The van der Waals surface area contributed by atoms with Crippen molar-refractivity contribution in [2.45, 2.75) is 19.9 Å². The fraction of sp³-hybridized carbons (Fsp3) is 0.421. The smallest absolute Gasteiger partial charge is 0.191 e. The Morgan fingerprint density at radius 2 is 2.07 bits per heavy atom. The molecule has 1 aromatic carbocycles. The van der Waals surface area contributed by atoms with E-state index in [2.05, 4.69) is 33.1 Å². The summed E-state index contributed by atoms with van der Waals surface area (Å²) in [6.07, 6.45) is 0.979. The molecule has 0 amide bonds. The summed E-state index contributed by atoms with van der Waals surface area (Å²) in [6, 6.07) is 9.92. The van der Waals surface area contributed by atoms with E-state index in [-0.39, 0.29) is 37.2 Å². The maximum Gasteiger partial charge on any atom is 0.191 e. The van der Waals surface area contributed by atoms with Crippen LogP contribution in [-0.2, 0) is 13.0 Å². The van der Waals surface area contributed by atoms with E-state index in [1.165, 1.54) is 4.88 Å². The van der Waals surface area contributed by atoms with Crippen LogP contribution in [0.5, 0.6) is 11.5 Å². The Balaban J connectivity index is 0.00000364. The van der Waals surface area contributed by atoms with Crippen LogP contribution < -0.4 is 20.1 Å². The molecule has 0 unspecified atom stereocenters. The summed E-state index contributed by atoms with van der Waals surface area (Å²) >= 11 is 1.77. The second-order valence-electron chi connectivity index (χ2n) is 5.51. The minimum Gasteiger partial charge on any atom is -0.493 e. The third-order valence-corrected chi connectivity index (χ3v) is 4.52. The predicted molar refractivity (Wildman–Crippen MR) is 122 cm³/mol. The van der Waals surface area contributed by atoms with Crippen LogP contribution in [0.4, 0.5) is 0 Å². The van der Waals surface area contributed by atoms with Gasteiger partial charge in [-0.15, -0.1) is 35.3 Å². The van der Waals surface area contributed by atoms with Gasteiger partial charge >= 0.3 is 0 Å². The van der Waals surface area contributed by atoms with Gasteiger partial charge < -0.3 is 25.2 Å². The Bertz CT molecular complexity index is 681. The molecule has 0 atom stereocenters. The number of thiophene rings is 1. The molecule has 0 aliphatic heterocycles. The van der Waals surface area contributed by atoms with Gasteiger partial charge in [0.1, 0.15) is 6.61 Å². The zero-order chi connectivity index (χ0) is 18.6. The number of hydrogen-bond acceptors (Lipinski definition) is 5. The molecular weight excluding hydrogens is 477 g/mol. The van der Waals surface area contributed by atoms with Crippen molar-refractivity contribution >= 4 is 41.3 Å². The fourth-order valence-corrected chi connectivity index (χ4v) is 3.07. The first-order valence-electron chi connectivity index (χ1n) is 8.72. The molecule has 3 N–H and O–H groups in total. The van der Waals surface area contributed by atoms with Gasteiger partial charge in [0, 0.05) is 18.0 Å². The standard InChI is InChI=1S/C19H27N3O3S.HI/c1-3-20-19(21-9-8-16-5-4-12-26-16)22-14-15-6-7-17(25-11-10-23)18(13-15)24-2;/h4-7,12-13,23H,3,8-11,14H2,1-2H3,(H2,20,21,22);1H. The molecule has 6 nitrogen and oxygen atoms in total. The van der Waals surface area contributed by atoms with Gasteiger partial charge in [0.25, 0.3) is 0 Å². The Morgan fingerprint density at radius 1 is 1.22 bits per heavy atom. The number of aliphatic imine (C=N–C) groups is 1. The molecule has 0 fully saturated rings. The Labute approximate surface area is 182 Å². The number of hydrogen-bond donors (Lipinski definition) is 3. The molecule has 150 valence electrons. The summed E-state index contributed by atoms with van der Waals surface area (Å²) in [7, 11) is 1.60. The van der Waals surface area contributed by atoms with Crippen molar-refractivity contribution in [1.82, 2.24) is 10.6 Å². The van der Waals surface area contributed by atoms with Crippen molar-refractivity contribution in [3.8, 4) is 11.5 Å². The van der Waals surface area contributed by atoms with Crippen LogP contribution in [-0.4, -0.2) is 44.5 Å². The molecule has 0 bridgehead atoms. The molecule has 1 heterocycles. The SMILES string of the molecule is CCNC(=NCc1ccc(OCCO)c(OC)c1)NCCc1cccs1.I. The first kappa shape index (κ1) is 23.5. The van der Waals surface area contributed by atoms with E-state index < -0.39 is 0 Å². The number of guanidine groups is 1. The fourth-order valence-electron chi connectivity index (χ4n) is 2.36. The van der Waals surface area contributed by atoms with E-state index in [9.17, 15) is 0 Å². The number of methoxy groups -OCH3 is 1. The second kappa shape index (κ2) is 13.6. The lowest BCUT2D eigenvalue weighted by Gasteiger charge is -2.12. The summed E-state index contributed by atoms with van der Waals surface area (Å²) < 4.78 is 10.8. The zero-order valence-electron chi connectivity index (χ0n) is 15.7. The predicted octanol–water partition coefficient (Wildman–Crippen LogP) is 3.04. The number of aliphatic hydroxyl groups is 1. The first-order valence-corrected chi connectivity index (χ1v) is 9.60. The van der Waals surface area contributed by atoms with E-state index in [1.807, 2.05) is 25.1 Å². The quantitative estimate of drug-likeness (QED) is 0.263. The Morgan fingerprint density at radius 3 is 2.74 bits per heavy atom. The average Bonchev–Trinajstić information content (AvgIpc) is 3.18. The molecule has 0 saturated heterocycles. The van der Waals surface area contributed by atoms with Gasteiger partial charge in [-0.1, -0.05) is 12.1 Å². The maximum absolute atomic E-state index is 8.88. The van der Waals surface area contributed by atoms with Gasteiger partial charge in [0.2, 0.25) is 0 Å². The van der Waals surface area contributed by atoms with Gasteiger partial charge in [-0.2, -0.15) is 0 Å². The van der Waals surface area contributed by atoms with E-state index in [0.717, 1.165) is 31.0 Å². The van der Waals surface area contributed by atoms with Crippen LogP contribution in [0.25, 0.3) is 0 Å². The van der Waals surface area contributed by atoms with Gasteiger partial charge in [-0.3, -0.25) is 0 Å². The van der Waals surface area contributed by atoms with Crippen molar-refractivity contribution in [2.75, 3.05) is 33.4 Å². The van der Waals surface area contributed by atoms with Crippen LogP contribution in [0.15, 0.2) is 40.7 Å². The summed E-state index contributed by atoms with van der Waals surface area (Å²) in [5.41, 5.74) is 1.02. The van der Waals surface area contributed by atoms with Gasteiger partial charge in [0.15, 0.2) is 17.5 Å². The summed E-state index contributed by atoms with van der Waals surface area (Å²) in [5, 5.41) is 17.6. The summed E-state index contributed by atoms with van der Waals surface area (Å²) in [6.45, 7) is 4.44. The lowest BCUT2D eigenvalue weighted by atomic mass is 10.2. The van der Waals surface area contributed by atoms with Gasteiger partial charge in [-0.25, -0.2) is 4.99 Å². The zero-order valence-corrected chi connectivity index (χ0v) is 18.9. The molecule has 0 aliphatic carbocycles. The number of benzene rings is 1. The number of halogens is 1. The largest absolute Gasteiger partial charge is 0.493 e. The third-order valence-electron chi connectivity index (χ3n) is 3.58. The molecular formula is C19H28IN3O3S. The van der Waals surface area contributed by atoms with E-state index in [0.29, 0.717) is 18.0 Å². The van der Waals surface area contributed by atoms with Crippen LogP contribution in [0.2, 0.25) is 0 Å². The van der Waals surface area contributed by atoms with Crippen molar-refractivity contribution in [1.29, 1.82) is 0 Å². The second-order valence-corrected chi connectivity index (χ2v) is 6.54. The molecule has 0 aliphatic rings. The van der Waals surface area contributed by atoms with E-state index >= 15 is 0 Å². The molecule has 8 heteroatoms. The molecule has 0 radical (unpaired) electrons. The first-order chi connectivity index (χ1) is 12.8.